The summed E-state index contributed by atoms with van der Waals surface area (Å²) in [7, 11) is -0.518. The lowest BCUT2D eigenvalue weighted by molar-refractivity contribution is 0.00578. The molecule has 0 saturated carbocycles. The second-order valence-corrected chi connectivity index (χ2v) is 9.34. The molecular weight excluding hydrogens is 359 g/mol. The molecule has 8 nitrogen and oxygen atoms in total. The molecule has 9 heteroatoms. The zero-order valence-corrected chi connectivity index (χ0v) is 18.0. The van der Waals surface area contributed by atoms with Crippen LogP contribution in [0.25, 0.3) is 0 Å². The molecule has 2 aliphatic rings. The van der Waals surface area contributed by atoms with Crippen LogP contribution in [0.2, 0.25) is 0 Å². The van der Waals surface area contributed by atoms with E-state index in [2.05, 4.69) is 14.9 Å². The van der Waals surface area contributed by atoms with Gasteiger partial charge in [-0.3, -0.25) is 4.98 Å². The largest absolute Gasteiger partial charge is 0.516 e. The highest BCUT2D eigenvalue weighted by Crippen LogP contribution is 2.36. The Bertz CT molecular complexity index is 694. The lowest BCUT2D eigenvalue weighted by atomic mass is 9.85. The van der Waals surface area contributed by atoms with Crippen LogP contribution in [0, 0.1) is 0 Å². The molecule has 1 aromatic rings. The number of hydrogen-bond donors (Lipinski definition) is 0. The minimum absolute atomic E-state index is 0.269. The van der Waals surface area contributed by atoms with E-state index in [4.69, 9.17) is 14.0 Å². The van der Waals surface area contributed by atoms with Gasteiger partial charge in [0, 0.05) is 32.4 Å². The summed E-state index contributed by atoms with van der Waals surface area (Å²) in [5.41, 5.74) is -0.635. The maximum absolute atomic E-state index is 12.2. The molecule has 3 heterocycles. The molecule has 0 spiro atoms. The smallest absolute Gasteiger partial charge is 0.444 e. The monoisotopic (exact) mass is 390 g/mol. The molecule has 0 unspecified atom stereocenters. The number of nitrogens with zero attached hydrogens (tertiary/aromatic N) is 4. The first kappa shape index (κ1) is 20.9. The van der Waals surface area contributed by atoms with Crippen molar-refractivity contribution in [3.63, 3.8) is 0 Å². The summed E-state index contributed by atoms with van der Waals surface area (Å²) < 4.78 is 17.5. The van der Waals surface area contributed by atoms with Crippen molar-refractivity contribution in [1.82, 2.24) is 14.9 Å². The van der Waals surface area contributed by atoms with Gasteiger partial charge in [0.15, 0.2) is 0 Å². The van der Waals surface area contributed by atoms with Crippen LogP contribution in [0.15, 0.2) is 12.4 Å². The average molecular weight is 390 g/mol. The minimum atomic E-state index is -0.518. The molecule has 154 valence electrons. The van der Waals surface area contributed by atoms with Gasteiger partial charge in [0.25, 0.3) is 0 Å². The molecule has 0 radical (unpaired) electrons. The number of amides is 1. The maximum atomic E-state index is 12.2. The Morgan fingerprint density at radius 3 is 2.07 bits per heavy atom. The van der Waals surface area contributed by atoms with Gasteiger partial charge >= 0.3 is 13.2 Å². The summed E-state index contributed by atoms with van der Waals surface area (Å²) in [6.07, 6.45) is 3.18. The molecule has 2 saturated heterocycles. The predicted octanol–water partition coefficient (Wildman–Crippen LogP) is 1.83. The third-order valence-electron chi connectivity index (χ3n) is 5.41. The topological polar surface area (TPSA) is 77.0 Å². The van der Waals surface area contributed by atoms with Crippen LogP contribution < -0.4 is 10.5 Å². The third kappa shape index (κ3) is 4.41. The van der Waals surface area contributed by atoms with Crippen molar-refractivity contribution >= 4 is 24.6 Å². The molecule has 0 aliphatic carbocycles. The van der Waals surface area contributed by atoms with Crippen LogP contribution in [0.1, 0.15) is 48.5 Å². The third-order valence-corrected chi connectivity index (χ3v) is 5.41. The summed E-state index contributed by atoms with van der Waals surface area (Å²) in [6.45, 7) is 16.2. The first-order chi connectivity index (χ1) is 12.9. The molecule has 3 rings (SSSR count). The summed E-state index contributed by atoms with van der Waals surface area (Å²) >= 11 is 0. The van der Waals surface area contributed by atoms with Gasteiger partial charge in [0.2, 0.25) is 0 Å². The zero-order chi connectivity index (χ0) is 20.7. The van der Waals surface area contributed by atoms with Gasteiger partial charge in [-0.1, -0.05) is 0 Å². The van der Waals surface area contributed by atoms with Crippen LogP contribution in [0.3, 0.4) is 0 Å². The van der Waals surface area contributed by atoms with Crippen LogP contribution >= 0.6 is 0 Å². The molecule has 0 atom stereocenters. The lowest BCUT2D eigenvalue weighted by Crippen LogP contribution is -2.50. The van der Waals surface area contributed by atoms with Gasteiger partial charge in [-0.25, -0.2) is 9.78 Å². The lowest BCUT2D eigenvalue weighted by Gasteiger charge is -2.36. The Labute approximate surface area is 167 Å². The van der Waals surface area contributed by atoms with Gasteiger partial charge in [-0.2, -0.15) is 0 Å². The Morgan fingerprint density at radius 1 is 1.04 bits per heavy atom. The quantitative estimate of drug-likeness (QED) is 0.713. The second kappa shape index (κ2) is 7.19. The van der Waals surface area contributed by atoms with E-state index in [0.29, 0.717) is 31.8 Å². The second-order valence-electron chi connectivity index (χ2n) is 9.34. The summed E-state index contributed by atoms with van der Waals surface area (Å²) in [6, 6.07) is 0. The highest BCUT2D eigenvalue weighted by atomic mass is 16.7. The van der Waals surface area contributed by atoms with E-state index in [-0.39, 0.29) is 6.09 Å². The molecular formula is C19H31BN4O4. The Morgan fingerprint density at radius 2 is 1.61 bits per heavy atom. The van der Waals surface area contributed by atoms with E-state index in [1.807, 2.05) is 48.5 Å². The Balaban J connectivity index is 1.58. The highest BCUT2D eigenvalue weighted by molar-refractivity contribution is 6.61. The molecule has 1 amide bonds. The van der Waals surface area contributed by atoms with Crippen molar-refractivity contribution in [1.29, 1.82) is 0 Å². The zero-order valence-electron chi connectivity index (χ0n) is 18.0. The van der Waals surface area contributed by atoms with E-state index in [1.54, 1.807) is 17.3 Å². The normalized spacial score (nSPS) is 21.8. The molecule has 2 fully saturated rings. The fourth-order valence-electron chi connectivity index (χ4n) is 3.02. The minimum Gasteiger partial charge on any atom is -0.444 e. The number of piperazine rings is 1. The number of anilines is 1. The maximum Gasteiger partial charge on any atom is 0.516 e. The van der Waals surface area contributed by atoms with Gasteiger partial charge in [0.1, 0.15) is 11.4 Å². The summed E-state index contributed by atoms with van der Waals surface area (Å²) in [5.74, 6) is 0.782. The predicted molar refractivity (Wildman–Crippen MR) is 108 cm³/mol. The van der Waals surface area contributed by atoms with Crippen molar-refractivity contribution < 1.29 is 18.8 Å². The average Bonchev–Trinajstić information content (AvgIpc) is 2.81. The van der Waals surface area contributed by atoms with Gasteiger partial charge in [0.05, 0.1) is 23.0 Å². The summed E-state index contributed by atoms with van der Waals surface area (Å²) in [4.78, 5) is 25.1. The van der Waals surface area contributed by atoms with Crippen LogP contribution in [-0.4, -0.2) is 71.1 Å². The van der Waals surface area contributed by atoms with Crippen molar-refractivity contribution in [3.8, 4) is 0 Å². The molecule has 0 aromatic carbocycles. The van der Waals surface area contributed by atoms with Crippen molar-refractivity contribution in [2.24, 2.45) is 0 Å². The number of carbonyl (C=O) groups excluding carboxylic acids is 1. The SMILES string of the molecule is CC(C)(C)OC(=O)N1CCN(c2cnc(B3OC(C)(C)C(C)(C)O3)cn2)CC1. The number of carbonyl (C=O) groups is 1. The molecule has 28 heavy (non-hydrogen) atoms. The van der Waals surface area contributed by atoms with Crippen molar-refractivity contribution in [3.05, 3.63) is 12.4 Å². The van der Waals surface area contributed by atoms with Gasteiger partial charge in [-0.05, 0) is 48.5 Å². The van der Waals surface area contributed by atoms with E-state index in [9.17, 15) is 4.79 Å². The Hall–Kier alpha value is -1.87. The van der Waals surface area contributed by atoms with Crippen LogP contribution in [0.5, 0.6) is 0 Å². The van der Waals surface area contributed by atoms with Crippen LogP contribution in [-0.2, 0) is 14.0 Å². The number of hydrogen-bond acceptors (Lipinski definition) is 7. The van der Waals surface area contributed by atoms with E-state index in [1.165, 1.54) is 0 Å². The first-order valence-corrected chi connectivity index (χ1v) is 9.78. The van der Waals surface area contributed by atoms with E-state index >= 15 is 0 Å². The molecule has 2 aliphatic heterocycles. The highest BCUT2D eigenvalue weighted by Gasteiger charge is 2.52. The number of aromatic nitrogens is 2. The van der Waals surface area contributed by atoms with Crippen molar-refractivity contribution in [2.75, 3.05) is 31.1 Å². The Kier molecular flexibility index (Phi) is 5.35. The molecule has 1 aromatic heterocycles. The van der Waals surface area contributed by atoms with Gasteiger partial charge < -0.3 is 23.8 Å². The molecule has 0 bridgehead atoms. The summed E-state index contributed by atoms with van der Waals surface area (Å²) in [5, 5.41) is 0. The van der Waals surface area contributed by atoms with E-state index in [0.717, 1.165) is 5.82 Å². The number of ether oxygens (including phenoxy) is 1. The van der Waals surface area contributed by atoms with Crippen LogP contribution in [0.4, 0.5) is 10.6 Å². The van der Waals surface area contributed by atoms with E-state index < -0.39 is 23.9 Å². The molecule has 0 N–H and O–H groups in total. The fraction of sp³-hybridized carbons (Fsp3) is 0.737. The fourth-order valence-corrected chi connectivity index (χ4v) is 3.02. The first-order valence-electron chi connectivity index (χ1n) is 9.78. The van der Waals surface area contributed by atoms with Gasteiger partial charge in [-0.15, -0.1) is 0 Å². The number of rotatable bonds is 2. The van der Waals surface area contributed by atoms with Crippen molar-refractivity contribution in [2.45, 2.75) is 65.3 Å². The standard InChI is InChI=1S/C19H31BN4O4/c1-17(2,3)26-16(25)24-10-8-23(9-11-24)15-13-21-14(12-22-15)20-27-18(4,5)19(6,7)28-20/h12-13H,8-11H2,1-7H3.